The number of hydrogen-bond donors (Lipinski definition) is 3. The normalized spacial score (nSPS) is 10.5. The van der Waals surface area contributed by atoms with E-state index in [2.05, 4.69) is 0 Å². The molecule has 0 saturated heterocycles. The molecule has 0 amide bonds. The molecular weight excluding hydrogens is 280 g/mol. The first-order chi connectivity index (χ1) is 10.5. The van der Waals surface area contributed by atoms with Crippen LogP contribution in [0.15, 0.2) is 36.4 Å². The maximum Gasteiger partial charge on any atom is 0.200 e. The van der Waals surface area contributed by atoms with E-state index >= 15 is 0 Å². The molecule has 0 aliphatic carbocycles. The highest BCUT2D eigenvalue weighted by molar-refractivity contribution is 6.13. The molecular formula is C17H20N2O3. The van der Waals surface area contributed by atoms with Crippen molar-refractivity contribution in [3.8, 4) is 11.5 Å². The minimum absolute atomic E-state index is 0.117. The number of carbonyl (C=O) groups excluding carboxylic acids is 1. The highest BCUT2D eigenvalue weighted by Gasteiger charge is 2.20. The van der Waals surface area contributed by atoms with Crippen molar-refractivity contribution in [2.45, 2.75) is 13.8 Å². The van der Waals surface area contributed by atoms with Gasteiger partial charge >= 0.3 is 0 Å². The number of carbonyl (C=O) groups is 1. The largest absolute Gasteiger partial charge is 0.507 e. The van der Waals surface area contributed by atoms with Gasteiger partial charge in [-0.1, -0.05) is 12.1 Å². The molecule has 5 nitrogen and oxygen atoms in total. The summed E-state index contributed by atoms with van der Waals surface area (Å²) in [5.41, 5.74) is 7.33. The zero-order valence-electron chi connectivity index (χ0n) is 12.7. The summed E-state index contributed by atoms with van der Waals surface area (Å²) in [5.74, 6) is -0.751. The average Bonchev–Trinajstić information content (AvgIpc) is 2.50. The molecule has 0 fully saturated rings. The highest BCUT2D eigenvalue weighted by atomic mass is 16.3. The number of hydrogen-bond acceptors (Lipinski definition) is 5. The summed E-state index contributed by atoms with van der Waals surface area (Å²) in [5, 5.41) is 19.9. The van der Waals surface area contributed by atoms with Crippen LogP contribution >= 0.6 is 0 Å². The quantitative estimate of drug-likeness (QED) is 0.584. The van der Waals surface area contributed by atoms with Crippen LogP contribution in [-0.4, -0.2) is 29.1 Å². The van der Waals surface area contributed by atoms with Crippen LogP contribution in [0.5, 0.6) is 11.5 Å². The first-order valence-electron chi connectivity index (χ1n) is 7.19. The van der Waals surface area contributed by atoms with Crippen LogP contribution in [0.1, 0.15) is 29.8 Å². The second-order valence-corrected chi connectivity index (χ2v) is 4.95. The Labute approximate surface area is 129 Å². The van der Waals surface area contributed by atoms with Crippen molar-refractivity contribution in [1.82, 2.24) is 0 Å². The smallest absolute Gasteiger partial charge is 0.200 e. The van der Waals surface area contributed by atoms with E-state index in [9.17, 15) is 15.0 Å². The summed E-state index contributed by atoms with van der Waals surface area (Å²) in [6.45, 7) is 5.44. The standard InChI is InChI=1S/C17H20N2O3/c1-3-19(4-2)14-9-12(16(21)10-13(14)18)17(22)11-7-5-6-8-15(11)20/h5-10,20-21H,3-4,18H2,1-2H3. The first kappa shape index (κ1) is 15.7. The van der Waals surface area contributed by atoms with Gasteiger partial charge in [0.15, 0.2) is 0 Å². The third kappa shape index (κ3) is 2.83. The van der Waals surface area contributed by atoms with Gasteiger partial charge in [-0.25, -0.2) is 0 Å². The number of nitrogen functional groups attached to an aromatic ring is 1. The minimum Gasteiger partial charge on any atom is -0.507 e. The summed E-state index contributed by atoms with van der Waals surface area (Å²) in [6.07, 6.45) is 0. The topological polar surface area (TPSA) is 86.8 Å². The Hall–Kier alpha value is -2.69. The van der Waals surface area contributed by atoms with E-state index in [1.165, 1.54) is 18.2 Å². The molecule has 0 heterocycles. The lowest BCUT2D eigenvalue weighted by molar-refractivity contribution is 0.103. The zero-order chi connectivity index (χ0) is 16.3. The summed E-state index contributed by atoms with van der Waals surface area (Å²) >= 11 is 0. The van der Waals surface area contributed by atoms with Crippen molar-refractivity contribution in [2.24, 2.45) is 0 Å². The number of benzene rings is 2. The van der Waals surface area contributed by atoms with Gasteiger partial charge in [-0.05, 0) is 32.0 Å². The van der Waals surface area contributed by atoms with Gasteiger partial charge in [0.1, 0.15) is 11.5 Å². The molecule has 0 unspecified atom stereocenters. The predicted octanol–water partition coefficient (Wildman–Crippen LogP) is 2.76. The van der Waals surface area contributed by atoms with Gasteiger partial charge in [0.25, 0.3) is 0 Å². The Morgan fingerprint density at radius 2 is 1.68 bits per heavy atom. The zero-order valence-corrected chi connectivity index (χ0v) is 12.7. The van der Waals surface area contributed by atoms with Crippen molar-refractivity contribution in [3.05, 3.63) is 47.5 Å². The fourth-order valence-corrected chi connectivity index (χ4v) is 2.42. The Morgan fingerprint density at radius 1 is 1.05 bits per heavy atom. The fraction of sp³-hybridized carbons (Fsp3) is 0.235. The molecule has 5 heteroatoms. The van der Waals surface area contributed by atoms with E-state index < -0.39 is 5.78 Å². The van der Waals surface area contributed by atoms with Gasteiger partial charge in [-0.15, -0.1) is 0 Å². The van der Waals surface area contributed by atoms with E-state index in [1.807, 2.05) is 18.7 Å². The number of anilines is 2. The number of rotatable bonds is 5. The monoisotopic (exact) mass is 300 g/mol. The van der Waals surface area contributed by atoms with Crippen molar-refractivity contribution in [3.63, 3.8) is 0 Å². The molecule has 0 radical (unpaired) electrons. The van der Waals surface area contributed by atoms with Gasteiger partial charge in [0.2, 0.25) is 5.78 Å². The fourth-order valence-electron chi connectivity index (χ4n) is 2.42. The maximum atomic E-state index is 12.6. The van der Waals surface area contributed by atoms with Crippen LogP contribution in [-0.2, 0) is 0 Å². The molecule has 4 N–H and O–H groups in total. The minimum atomic E-state index is -0.441. The Bertz CT molecular complexity index is 694. The van der Waals surface area contributed by atoms with Gasteiger partial charge < -0.3 is 20.8 Å². The van der Waals surface area contributed by atoms with Gasteiger partial charge in [0, 0.05) is 19.2 Å². The van der Waals surface area contributed by atoms with Gasteiger partial charge in [-0.3, -0.25) is 4.79 Å². The average molecular weight is 300 g/mol. The number of phenolic OH excluding ortho intramolecular Hbond substituents is 2. The third-order valence-electron chi connectivity index (χ3n) is 3.64. The molecule has 0 aliphatic heterocycles. The summed E-state index contributed by atoms with van der Waals surface area (Å²) in [7, 11) is 0. The van der Waals surface area contributed by atoms with E-state index in [-0.39, 0.29) is 22.6 Å². The van der Waals surface area contributed by atoms with E-state index in [0.717, 1.165) is 13.1 Å². The third-order valence-corrected chi connectivity index (χ3v) is 3.64. The van der Waals surface area contributed by atoms with E-state index in [1.54, 1.807) is 18.2 Å². The van der Waals surface area contributed by atoms with Crippen LogP contribution in [0.4, 0.5) is 11.4 Å². The molecule has 22 heavy (non-hydrogen) atoms. The lowest BCUT2D eigenvalue weighted by Gasteiger charge is -2.23. The Morgan fingerprint density at radius 3 is 2.27 bits per heavy atom. The predicted molar refractivity (Wildman–Crippen MR) is 87.6 cm³/mol. The molecule has 0 aliphatic rings. The number of aromatic hydroxyl groups is 2. The number of phenols is 2. The second kappa shape index (κ2) is 6.39. The first-order valence-corrected chi connectivity index (χ1v) is 7.19. The Kier molecular flexibility index (Phi) is 4.56. The SMILES string of the molecule is CCN(CC)c1cc(C(=O)c2ccccc2O)c(O)cc1N. The van der Waals surface area contributed by atoms with Crippen molar-refractivity contribution in [1.29, 1.82) is 0 Å². The molecule has 0 atom stereocenters. The van der Waals surface area contributed by atoms with Crippen LogP contribution in [0.3, 0.4) is 0 Å². The van der Waals surface area contributed by atoms with Crippen LogP contribution in [0, 0.1) is 0 Å². The van der Waals surface area contributed by atoms with E-state index in [0.29, 0.717) is 11.4 Å². The van der Waals surface area contributed by atoms with Crippen molar-refractivity contribution >= 4 is 17.2 Å². The summed E-state index contributed by atoms with van der Waals surface area (Å²) in [4.78, 5) is 14.6. The van der Waals surface area contributed by atoms with Crippen LogP contribution < -0.4 is 10.6 Å². The lowest BCUT2D eigenvalue weighted by atomic mass is 10.00. The molecule has 116 valence electrons. The molecule has 0 spiro atoms. The van der Waals surface area contributed by atoms with E-state index in [4.69, 9.17) is 5.73 Å². The number of nitrogens with two attached hydrogens (primary N) is 1. The molecule has 2 aromatic carbocycles. The van der Waals surface area contributed by atoms with Crippen LogP contribution in [0.2, 0.25) is 0 Å². The van der Waals surface area contributed by atoms with Crippen LogP contribution in [0.25, 0.3) is 0 Å². The lowest BCUT2D eigenvalue weighted by Crippen LogP contribution is -2.23. The summed E-state index contributed by atoms with van der Waals surface area (Å²) < 4.78 is 0. The molecule has 0 saturated carbocycles. The van der Waals surface area contributed by atoms with Crippen molar-refractivity contribution < 1.29 is 15.0 Å². The van der Waals surface area contributed by atoms with Crippen molar-refractivity contribution in [2.75, 3.05) is 23.7 Å². The van der Waals surface area contributed by atoms with Gasteiger partial charge in [-0.2, -0.15) is 0 Å². The maximum absolute atomic E-state index is 12.6. The molecule has 0 bridgehead atoms. The van der Waals surface area contributed by atoms with Gasteiger partial charge in [0.05, 0.1) is 22.5 Å². The number of para-hydroxylation sites is 1. The number of nitrogens with zero attached hydrogens (tertiary/aromatic N) is 1. The molecule has 2 rings (SSSR count). The molecule has 2 aromatic rings. The highest BCUT2D eigenvalue weighted by Crippen LogP contribution is 2.33. The second-order valence-electron chi connectivity index (χ2n) is 4.95. The molecule has 0 aromatic heterocycles. The number of ketones is 1. The Balaban J connectivity index is 2.54. The summed E-state index contributed by atoms with van der Waals surface area (Å²) in [6, 6.07) is 9.20.